The number of nitro groups is 1. The molecule has 0 aliphatic carbocycles. The average Bonchev–Trinajstić information content (AvgIpc) is 2.34. The molecular weight excluding hydrogens is 262 g/mol. The van der Waals surface area contributed by atoms with Gasteiger partial charge in [-0.25, -0.2) is 0 Å². The molecule has 0 bridgehead atoms. The van der Waals surface area contributed by atoms with E-state index in [0.29, 0.717) is 10.6 Å². The summed E-state index contributed by atoms with van der Waals surface area (Å²) >= 11 is 5.83. The lowest BCUT2D eigenvalue weighted by molar-refractivity contribution is -0.386. The minimum absolute atomic E-state index is 0.0195. The average molecular weight is 276 g/mol. The van der Waals surface area contributed by atoms with Crippen LogP contribution in [0.2, 0.25) is 5.02 Å². The Kier molecular flexibility index (Phi) is 6.00. The quantitative estimate of drug-likeness (QED) is 0.469. The molecule has 0 aromatic heterocycles. The fourth-order valence-corrected chi connectivity index (χ4v) is 1.73. The molecule has 1 aromatic rings. The molecular formula is C11H14ClNO5. The Labute approximate surface area is 109 Å². The smallest absolute Gasteiger partial charge is 0.275 e. The lowest BCUT2D eigenvalue weighted by Crippen LogP contribution is -2.11. The Balaban J connectivity index is 3.07. The zero-order valence-electron chi connectivity index (χ0n) is 9.84. The van der Waals surface area contributed by atoms with Gasteiger partial charge in [0, 0.05) is 31.2 Å². The SMILES string of the molecule is COCOC(CCO)c1cc(Cl)ccc1[N+](=O)[O-]. The molecule has 0 aliphatic rings. The van der Waals surface area contributed by atoms with E-state index >= 15 is 0 Å². The maximum Gasteiger partial charge on any atom is 0.275 e. The second-order valence-electron chi connectivity index (χ2n) is 3.53. The third-order valence-corrected chi connectivity index (χ3v) is 2.55. The van der Waals surface area contributed by atoms with Gasteiger partial charge in [0.25, 0.3) is 5.69 Å². The van der Waals surface area contributed by atoms with Crippen LogP contribution in [0.15, 0.2) is 18.2 Å². The number of aliphatic hydroxyl groups excluding tert-OH is 1. The zero-order valence-corrected chi connectivity index (χ0v) is 10.6. The first kappa shape index (κ1) is 14.8. The van der Waals surface area contributed by atoms with Crippen LogP contribution in [0.1, 0.15) is 18.1 Å². The Morgan fingerprint density at radius 1 is 1.56 bits per heavy atom. The summed E-state index contributed by atoms with van der Waals surface area (Å²) in [6.07, 6.45) is -0.404. The third kappa shape index (κ3) is 3.92. The van der Waals surface area contributed by atoms with Gasteiger partial charge in [0.05, 0.1) is 16.6 Å². The van der Waals surface area contributed by atoms with Crippen molar-refractivity contribution in [3.63, 3.8) is 0 Å². The van der Waals surface area contributed by atoms with Crippen LogP contribution in [0.25, 0.3) is 0 Å². The van der Waals surface area contributed by atoms with Crippen molar-refractivity contribution in [3.8, 4) is 0 Å². The third-order valence-electron chi connectivity index (χ3n) is 2.31. The van der Waals surface area contributed by atoms with Crippen LogP contribution in [0.4, 0.5) is 5.69 Å². The highest BCUT2D eigenvalue weighted by Crippen LogP contribution is 2.32. The topological polar surface area (TPSA) is 81.8 Å². The lowest BCUT2D eigenvalue weighted by atomic mass is 10.0. The number of aliphatic hydroxyl groups is 1. The molecule has 1 N–H and O–H groups in total. The Morgan fingerprint density at radius 2 is 2.28 bits per heavy atom. The highest BCUT2D eigenvalue weighted by molar-refractivity contribution is 6.30. The Morgan fingerprint density at radius 3 is 2.83 bits per heavy atom. The summed E-state index contributed by atoms with van der Waals surface area (Å²) in [6.45, 7) is -0.174. The summed E-state index contributed by atoms with van der Waals surface area (Å²) in [5, 5.41) is 20.3. The largest absolute Gasteiger partial charge is 0.396 e. The van der Waals surface area contributed by atoms with Crippen molar-refractivity contribution in [2.45, 2.75) is 12.5 Å². The molecule has 0 spiro atoms. The highest BCUT2D eigenvalue weighted by Gasteiger charge is 2.22. The second-order valence-corrected chi connectivity index (χ2v) is 3.97. The highest BCUT2D eigenvalue weighted by atomic mass is 35.5. The number of methoxy groups -OCH3 is 1. The summed E-state index contributed by atoms with van der Waals surface area (Å²) in [6, 6.07) is 4.23. The first-order chi connectivity index (χ1) is 8.60. The second kappa shape index (κ2) is 7.27. The molecule has 18 heavy (non-hydrogen) atoms. The van der Waals surface area contributed by atoms with Crippen LogP contribution in [0.5, 0.6) is 0 Å². The van der Waals surface area contributed by atoms with Gasteiger partial charge in [-0.15, -0.1) is 0 Å². The monoisotopic (exact) mass is 275 g/mol. The normalized spacial score (nSPS) is 12.4. The number of ether oxygens (including phenoxy) is 2. The van der Waals surface area contributed by atoms with Crippen LogP contribution >= 0.6 is 11.6 Å². The summed E-state index contributed by atoms with van der Waals surface area (Å²) in [7, 11) is 1.45. The number of halogens is 1. The first-order valence-electron chi connectivity index (χ1n) is 5.25. The van der Waals surface area contributed by atoms with Crippen LogP contribution in [0.3, 0.4) is 0 Å². The molecule has 0 fully saturated rings. The van der Waals surface area contributed by atoms with Gasteiger partial charge < -0.3 is 14.6 Å². The van der Waals surface area contributed by atoms with Gasteiger partial charge in [-0.05, 0) is 12.1 Å². The van der Waals surface area contributed by atoms with E-state index in [-0.39, 0.29) is 25.5 Å². The van der Waals surface area contributed by atoms with Crippen molar-refractivity contribution >= 4 is 17.3 Å². The standard InChI is InChI=1S/C11H14ClNO5/c1-17-7-18-11(4-5-14)9-6-8(12)2-3-10(9)13(15)16/h2-3,6,11,14H,4-5,7H2,1H3. The van der Waals surface area contributed by atoms with Crippen molar-refractivity contribution in [2.75, 3.05) is 20.5 Å². The van der Waals surface area contributed by atoms with Crippen LogP contribution in [-0.2, 0) is 9.47 Å². The number of nitro benzene ring substituents is 1. The molecule has 0 radical (unpaired) electrons. The van der Waals surface area contributed by atoms with E-state index in [1.165, 1.54) is 25.3 Å². The summed E-state index contributed by atoms with van der Waals surface area (Å²) in [5.41, 5.74) is 0.243. The molecule has 0 saturated heterocycles. The molecule has 1 atom stereocenters. The lowest BCUT2D eigenvalue weighted by Gasteiger charge is -2.17. The summed E-state index contributed by atoms with van der Waals surface area (Å²) in [4.78, 5) is 10.4. The number of benzene rings is 1. The maximum absolute atomic E-state index is 10.9. The fourth-order valence-electron chi connectivity index (χ4n) is 1.55. The van der Waals surface area contributed by atoms with Gasteiger partial charge >= 0.3 is 0 Å². The van der Waals surface area contributed by atoms with E-state index in [9.17, 15) is 10.1 Å². The van der Waals surface area contributed by atoms with Gasteiger partial charge in [-0.3, -0.25) is 10.1 Å². The summed E-state index contributed by atoms with van der Waals surface area (Å²) in [5.74, 6) is 0. The molecule has 1 unspecified atom stereocenters. The predicted octanol–water partition coefficient (Wildman–Crippen LogP) is 2.29. The van der Waals surface area contributed by atoms with Gasteiger partial charge in [0.2, 0.25) is 0 Å². The van der Waals surface area contributed by atoms with Crippen molar-refractivity contribution in [2.24, 2.45) is 0 Å². The van der Waals surface area contributed by atoms with E-state index in [1.807, 2.05) is 0 Å². The molecule has 7 heteroatoms. The number of nitrogens with zero attached hydrogens (tertiary/aromatic N) is 1. The molecule has 0 heterocycles. The number of hydrogen-bond acceptors (Lipinski definition) is 5. The van der Waals surface area contributed by atoms with Crippen LogP contribution < -0.4 is 0 Å². The molecule has 1 aromatic carbocycles. The number of rotatable bonds is 7. The Hall–Kier alpha value is -1.21. The molecule has 0 amide bonds. The first-order valence-corrected chi connectivity index (χ1v) is 5.63. The molecule has 0 saturated carbocycles. The van der Waals surface area contributed by atoms with E-state index in [2.05, 4.69) is 0 Å². The van der Waals surface area contributed by atoms with Crippen molar-refractivity contribution in [1.29, 1.82) is 0 Å². The fraction of sp³-hybridized carbons (Fsp3) is 0.455. The Bertz CT molecular complexity index is 412. The summed E-state index contributed by atoms with van der Waals surface area (Å²) < 4.78 is 10.1. The molecule has 6 nitrogen and oxygen atoms in total. The van der Waals surface area contributed by atoms with Gasteiger partial charge in [0.1, 0.15) is 6.79 Å². The molecule has 100 valence electrons. The number of hydrogen-bond donors (Lipinski definition) is 1. The van der Waals surface area contributed by atoms with E-state index < -0.39 is 11.0 Å². The van der Waals surface area contributed by atoms with Gasteiger partial charge in [-0.2, -0.15) is 0 Å². The van der Waals surface area contributed by atoms with Gasteiger partial charge in [0.15, 0.2) is 0 Å². The van der Waals surface area contributed by atoms with E-state index in [4.69, 9.17) is 26.2 Å². The zero-order chi connectivity index (χ0) is 13.5. The molecule has 0 aliphatic heterocycles. The molecule has 1 rings (SSSR count). The van der Waals surface area contributed by atoms with Crippen molar-refractivity contribution < 1.29 is 19.5 Å². The minimum Gasteiger partial charge on any atom is -0.396 e. The van der Waals surface area contributed by atoms with Gasteiger partial charge in [-0.1, -0.05) is 11.6 Å². The van der Waals surface area contributed by atoms with Crippen LogP contribution in [0, 0.1) is 10.1 Å². The van der Waals surface area contributed by atoms with Crippen molar-refractivity contribution in [3.05, 3.63) is 38.9 Å². The minimum atomic E-state index is -0.631. The van der Waals surface area contributed by atoms with E-state index in [1.54, 1.807) is 0 Å². The van der Waals surface area contributed by atoms with Crippen molar-refractivity contribution in [1.82, 2.24) is 0 Å². The predicted molar refractivity (Wildman–Crippen MR) is 65.5 cm³/mol. The maximum atomic E-state index is 10.9. The van der Waals surface area contributed by atoms with Crippen LogP contribution in [-0.4, -0.2) is 30.5 Å². The van der Waals surface area contributed by atoms with E-state index in [0.717, 1.165) is 0 Å².